The Kier molecular flexibility index (Phi) is 2.55. The first-order chi connectivity index (χ1) is 6.81. The summed E-state index contributed by atoms with van der Waals surface area (Å²) >= 11 is 6.32. The van der Waals surface area contributed by atoms with Crippen molar-refractivity contribution in [3.8, 4) is 16.5 Å². The quantitative estimate of drug-likeness (QED) is 0.797. The van der Waals surface area contributed by atoms with Gasteiger partial charge in [0.15, 0.2) is 8.96 Å². The van der Waals surface area contributed by atoms with Crippen LogP contribution in [0, 0.1) is 3.95 Å². The van der Waals surface area contributed by atoms with Gasteiger partial charge in [0.25, 0.3) is 0 Å². The summed E-state index contributed by atoms with van der Waals surface area (Å²) in [5.41, 5.74) is 0.715. The molecule has 14 heavy (non-hydrogen) atoms. The van der Waals surface area contributed by atoms with Crippen molar-refractivity contribution in [3.63, 3.8) is 0 Å². The van der Waals surface area contributed by atoms with Gasteiger partial charge in [0.1, 0.15) is 11.4 Å². The molecule has 2 aromatic heterocycles. The standard InChI is InChI=1S/C8H7N3OS2/c1-12-5-3-2-4-9-6(5)7-10-11-8(13)14-7/h2-4H,1H3,(H,11,13). The number of hydrogen-bond donors (Lipinski definition) is 1. The third-order valence-corrected chi connectivity index (χ3v) is 2.73. The zero-order chi connectivity index (χ0) is 9.97. The highest BCUT2D eigenvalue weighted by atomic mass is 32.1. The van der Waals surface area contributed by atoms with E-state index in [-0.39, 0.29) is 0 Å². The predicted octanol–water partition coefficient (Wildman–Crippen LogP) is 2.27. The van der Waals surface area contributed by atoms with E-state index in [1.54, 1.807) is 13.3 Å². The molecule has 0 fully saturated rings. The first-order valence-electron chi connectivity index (χ1n) is 3.86. The highest BCUT2D eigenvalue weighted by Crippen LogP contribution is 2.28. The second-order valence-electron chi connectivity index (χ2n) is 2.47. The summed E-state index contributed by atoms with van der Waals surface area (Å²) in [5.74, 6) is 0.699. The molecule has 0 saturated carbocycles. The molecule has 1 N–H and O–H groups in total. The fourth-order valence-electron chi connectivity index (χ4n) is 1.05. The zero-order valence-corrected chi connectivity index (χ0v) is 8.98. The molecule has 0 aliphatic carbocycles. The maximum atomic E-state index is 5.17. The summed E-state index contributed by atoms with van der Waals surface area (Å²) in [6.45, 7) is 0. The molecule has 0 aliphatic heterocycles. The molecule has 2 aromatic rings. The van der Waals surface area contributed by atoms with Gasteiger partial charge in [-0.2, -0.15) is 5.10 Å². The normalized spacial score (nSPS) is 10.1. The smallest absolute Gasteiger partial charge is 0.176 e. The number of aromatic nitrogens is 3. The van der Waals surface area contributed by atoms with E-state index >= 15 is 0 Å². The van der Waals surface area contributed by atoms with Gasteiger partial charge in [0.05, 0.1) is 7.11 Å². The van der Waals surface area contributed by atoms with Crippen molar-refractivity contribution in [1.29, 1.82) is 0 Å². The Morgan fingerprint density at radius 3 is 3.07 bits per heavy atom. The number of nitrogens with zero attached hydrogens (tertiary/aromatic N) is 2. The highest BCUT2D eigenvalue weighted by Gasteiger charge is 2.09. The lowest BCUT2D eigenvalue weighted by molar-refractivity contribution is 0.415. The number of methoxy groups -OCH3 is 1. The summed E-state index contributed by atoms with van der Waals surface area (Å²) in [4.78, 5) is 4.19. The van der Waals surface area contributed by atoms with E-state index in [0.717, 1.165) is 5.01 Å². The number of pyridine rings is 1. The van der Waals surface area contributed by atoms with Crippen LogP contribution in [0.25, 0.3) is 10.7 Å². The van der Waals surface area contributed by atoms with Crippen molar-refractivity contribution in [3.05, 3.63) is 22.3 Å². The average Bonchev–Trinajstić information content (AvgIpc) is 2.65. The number of aromatic amines is 1. The third-order valence-electron chi connectivity index (χ3n) is 1.63. The summed E-state index contributed by atoms with van der Waals surface area (Å²) in [6.07, 6.45) is 1.70. The van der Waals surface area contributed by atoms with E-state index in [1.165, 1.54) is 11.3 Å². The van der Waals surface area contributed by atoms with Crippen LogP contribution in [0.1, 0.15) is 0 Å². The van der Waals surface area contributed by atoms with Crippen LogP contribution in [0.4, 0.5) is 0 Å². The Hall–Kier alpha value is -1.27. The van der Waals surface area contributed by atoms with Gasteiger partial charge in [-0.15, -0.1) is 0 Å². The fraction of sp³-hybridized carbons (Fsp3) is 0.125. The lowest BCUT2D eigenvalue weighted by atomic mass is 10.3. The van der Waals surface area contributed by atoms with Gasteiger partial charge in [-0.05, 0) is 24.4 Å². The van der Waals surface area contributed by atoms with Gasteiger partial charge in [-0.25, -0.2) is 4.98 Å². The van der Waals surface area contributed by atoms with Crippen LogP contribution in [-0.2, 0) is 0 Å². The van der Waals surface area contributed by atoms with Gasteiger partial charge >= 0.3 is 0 Å². The van der Waals surface area contributed by atoms with Crippen LogP contribution in [0.2, 0.25) is 0 Å². The largest absolute Gasteiger partial charge is 0.494 e. The van der Waals surface area contributed by atoms with E-state index in [4.69, 9.17) is 17.0 Å². The van der Waals surface area contributed by atoms with Gasteiger partial charge in [0, 0.05) is 6.20 Å². The molecular weight excluding hydrogens is 218 g/mol. The molecule has 0 atom stereocenters. The summed E-state index contributed by atoms with van der Waals surface area (Å²) in [6, 6.07) is 3.65. The molecule has 0 aromatic carbocycles. The van der Waals surface area contributed by atoms with Crippen LogP contribution >= 0.6 is 23.6 Å². The molecule has 2 rings (SSSR count). The molecule has 0 spiro atoms. The molecule has 6 heteroatoms. The number of rotatable bonds is 2. The number of hydrogen-bond acceptors (Lipinski definition) is 5. The molecule has 4 nitrogen and oxygen atoms in total. The number of H-pyrrole nitrogens is 1. The van der Waals surface area contributed by atoms with Crippen LogP contribution in [0.5, 0.6) is 5.75 Å². The predicted molar refractivity (Wildman–Crippen MR) is 57.1 cm³/mol. The molecule has 0 radical (unpaired) electrons. The Bertz CT molecular complexity index is 491. The second-order valence-corrected chi connectivity index (χ2v) is 4.14. The first kappa shape index (κ1) is 9.29. The Balaban J connectivity index is 2.55. The highest BCUT2D eigenvalue weighted by molar-refractivity contribution is 7.73. The fourth-order valence-corrected chi connectivity index (χ4v) is 1.94. The Morgan fingerprint density at radius 2 is 2.43 bits per heavy atom. The molecule has 2 heterocycles. The maximum absolute atomic E-state index is 5.17. The maximum Gasteiger partial charge on any atom is 0.176 e. The van der Waals surface area contributed by atoms with Crippen molar-refractivity contribution in [2.24, 2.45) is 0 Å². The minimum atomic E-state index is 0.632. The van der Waals surface area contributed by atoms with E-state index in [2.05, 4.69) is 15.2 Å². The van der Waals surface area contributed by atoms with Gasteiger partial charge < -0.3 is 4.74 Å². The van der Waals surface area contributed by atoms with Crippen molar-refractivity contribution >= 4 is 23.6 Å². The second kappa shape index (κ2) is 3.85. The van der Waals surface area contributed by atoms with E-state index in [1.807, 2.05) is 12.1 Å². The zero-order valence-electron chi connectivity index (χ0n) is 7.35. The van der Waals surface area contributed by atoms with Crippen LogP contribution < -0.4 is 4.74 Å². The van der Waals surface area contributed by atoms with Gasteiger partial charge in [-0.1, -0.05) is 11.3 Å². The van der Waals surface area contributed by atoms with Crippen molar-refractivity contribution < 1.29 is 4.74 Å². The van der Waals surface area contributed by atoms with E-state index in [9.17, 15) is 0 Å². The van der Waals surface area contributed by atoms with Crippen molar-refractivity contribution in [2.75, 3.05) is 7.11 Å². The van der Waals surface area contributed by atoms with E-state index < -0.39 is 0 Å². The molecule has 0 amide bonds. The Morgan fingerprint density at radius 1 is 1.57 bits per heavy atom. The van der Waals surface area contributed by atoms with Gasteiger partial charge in [0.2, 0.25) is 0 Å². The SMILES string of the molecule is COc1cccnc1-c1n[nH]c(=S)s1. The number of nitrogens with one attached hydrogen (secondary N) is 1. The lowest BCUT2D eigenvalue weighted by Crippen LogP contribution is -1.89. The molecule has 0 unspecified atom stereocenters. The topological polar surface area (TPSA) is 50.8 Å². The van der Waals surface area contributed by atoms with E-state index in [0.29, 0.717) is 15.4 Å². The molecule has 0 aliphatic rings. The van der Waals surface area contributed by atoms with Crippen LogP contribution in [0.15, 0.2) is 18.3 Å². The molecule has 0 bridgehead atoms. The van der Waals surface area contributed by atoms with Crippen molar-refractivity contribution in [2.45, 2.75) is 0 Å². The summed E-state index contributed by atoms with van der Waals surface area (Å²) < 4.78 is 5.80. The van der Waals surface area contributed by atoms with Crippen molar-refractivity contribution in [1.82, 2.24) is 15.2 Å². The monoisotopic (exact) mass is 225 g/mol. The minimum absolute atomic E-state index is 0.632. The lowest BCUT2D eigenvalue weighted by Gasteiger charge is -2.02. The average molecular weight is 225 g/mol. The van der Waals surface area contributed by atoms with Crippen LogP contribution in [-0.4, -0.2) is 22.3 Å². The summed E-state index contributed by atoms with van der Waals surface area (Å²) in [5, 5.41) is 7.49. The van der Waals surface area contributed by atoms with Crippen LogP contribution in [0.3, 0.4) is 0 Å². The molecule has 0 saturated heterocycles. The third kappa shape index (κ3) is 1.66. The molecule has 72 valence electrons. The first-order valence-corrected chi connectivity index (χ1v) is 5.08. The number of ether oxygens (including phenoxy) is 1. The molecular formula is C8H7N3OS2. The summed E-state index contributed by atoms with van der Waals surface area (Å²) in [7, 11) is 1.60. The Labute approximate surface area is 89.6 Å². The van der Waals surface area contributed by atoms with Gasteiger partial charge in [-0.3, -0.25) is 5.10 Å². The minimum Gasteiger partial charge on any atom is -0.494 e.